The molecular formula is C23H28N6O. The fraction of sp³-hybridized carbons (Fsp3) is 0.435. The van der Waals surface area contributed by atoms with E-state index in [1.807, 2.05) is 12.3 Å². The van der Waals surface area contributed by atoms with Gasteiger partial charge in [0.2, 0.25) is 5.95 Å². The fourth-order valence-electron chi connectivity index (χ4n) is 4.66. The molecule has 1 N–H and O–H groups in total. The maximum atomic E-state index is 12.9. The third-order valence-electron chi connectivity index (χ3n) is 6.23. The Labute approximate surface area is 176 Å². The van der Waals surface area contributed by atoms with E-state index in [-0.39, 0.29) is 5.56 Å². The van der Waals surface area contributed by atoms with E-state index in [0.29, 0.717) is 12.5 Å². The average Bonchev–Trinajstić information content (AvgIpc) is 3.23. The lowest BCUT2D eigenvalue weighted by Gasteiger charge is -2.33. The summed E-state index contributed by atoms with van der Waals surface area (Å²) in [5.74, 6) is 1.40. The van der Waals surface area contributed by atoms with E-state index in [1.54, 1.807) is 6.20 Å². The summed E-state index contributed by atoms with van der Waals surface area (Å²) in [7, 11) is 0. The molecule has 0 bridgehead atoms. The summed E-state index contributed by atoms with van der Waals surface area (Å²) in [6, 6.07) is 8.19. The molecule has 3 aromatic heterocycles. The molecular weight excluding hydrogens is 376 g/mol. The Morgan fingerprint density at radius 2 is 2.17 bits per heavy atom. The van der Waals surface area contributed by atoms with Gasteiger partial charge in [-0.3, -0.25) is 19.7 Å². The summed E-state index contributed by atoms with van der Waals surface area (Å²) in [6.45, 7) is 6.53. The Balaban J connectivity index is 1.34. The highest BCUT2D eigenvalue weighted by atomic mass is 16.1. The van der Waals surface area contributed by atoms with Crippen LogP contribution >= 0.6 is 0 Å². The number of H-pyrrole nitrogens is 1. The smallest absolute Gasteiger partial charge is 0.257 e. The number of nitrogens with one attached hydrogen (secondary N) is 1. The van der Waals surface area contributed by atoms with Crippen molar-refractivity contribution in [2.75, 3.05) is 24.5 Å². The van der Waals surface area contributed by atoms with Crippen molar-refractivity contribution >= 4 is 5.95 Å². The van der Waals surface area contributed by atoms with Gasteiger partial charge in [-0.25, -0.2) is 4.98 Å². The number of aromatic amines is 1. The number of aromatic nitrogens is 4. The summed E-state index contributed by atoms with van der Waals surface area (Å²) in [5.41, 5.74) is 4.03. The van der Waals surface area contributed by atoms with Crippen LogP contribution in [0.4, 0.5) is 5.95 Å². The van der Waals surface area contributed by atoms with Crippen molar-refractivity contribution in [3.05, 3.63) is 70.2 Å². The predicted molar refractivity (Wildman–Crippen MR) is 117 cm³/mol. The molecule has 1 fully saturated rings. The van der Waals surface area contributed by atoms with Crippen molar-refractivity contribution in [2.45, 2.75) is 39.3 Å². The summed E-state index contributed by atoms with van der Waals surface area (Å²) in [6.07, 6.45) is 8.93. The summed E-state index contributed by atoms with van der Waals surface area (Å²) in [4.78, 5) is 29.6. The van der Waals surface area contributed by atoms with Crippen LogP contribution in [0.15, 0.2) is 47.7 Å². The topological polar surface area (TPSA) is 70.1 Å². The van der Waals surface area contributed by atoms with Gasteiger partial charge in [0, 0.05) is 57.2 Å². The highest BCUT2D eigenvalue weighted by Crippen LogP contribution is 2.23. The van der Waals surface area contributed by atoms with Crippen LogP contribution in [0, 0.1) is 5.92 Å². The monoisotopic (exact) mass is 404 g/mol. The van der Waals surface area contributed by atoms with Gasteiger partial charge in [-0.1, -0.05) is 6.92 Å². The Morgan fingerprint density at radius 1 is 1.23 bits per heavy atom. The SMILES string of the molecule is C[C@H]1CCCN(c2nc3c(c(=O)[nH]2)CN(Cc2cccn2-c2cccnc2)CC3)C1. The predicted octanol–water partition coefficient (Wildman–Crippen LogP) is 2.75. The van der Waals surface area contributed by atoms with Crippen LogP contribution in [0.3, 0.4) is 0 Å². The van der Waals surface area contributed by atoms with Crippen LogP contribution < -0.4 is 10.5 Å². The van der Waals surface area contributed by atoms with E-state index in [0.717, 1.165) is 61.9 Å². The Kier molecular flexibility index (Phi) is 5.12. The highest BCUT2D eigenvalue weighted by Gasteiger charge is 2.25. The molecule has 7 heteroatoms. The molecule has 0 amide bonds. The largest absolute Gasteiger partial charge is 0.342 e. The first-order chi connectivity index (χ1) is 14.7. The summed E-state index contributed by atoms with van der Waals surface area (Å²) < 4.78 is 2.16. The number of hydrogen-bond acceptors (Lipinski definition) is 5. The van der Waals surface area contributed by atoms with Crippen LogP contribution in [0.1, 0.15) is 36.7 Å². The Bertz CT molecular complexity index is 1070. The number of pyridine rings is 1. The number of anilines is 1. The number of nitrogens with zero attached hydrogens (tertiary/aromatic N) is 5. The number of fused-ring (bicyclic) bond motifs is 1. The van der Waals surface area contributed by atoms with Gasteiger partial charge in [-0.15, -0.1) is 0 Å². The summed E-state index contributed by atoms with van der Waals surface area (Å²) >= 11 is 0. The Morgan fingerprint density at radius 3 is 3.00 bits per heavy atom. The molecule has 2 aliphatic rings. The highest BCUT2D eigenvalue weighted by molar-refractivity contribution is 5.35. The van der Waals surface area contributed by atoms with Gasteiger partial charge in [0.1, 0.15) is 0 Å². The lowest BCUT2D eigenvalue weighted by molar-refractivity contribution is 0.237. The van der Waals surface area contributed by atoms with Crippen molar-refractivity contribution < 1.29 is 0 Å². The van der Waals surface area contributed by atoms with Crippen LogP contribution in [0.25, 0.3) is 5.69 Å². The van der Waals surface area contributed by atoms with Gasteiger partial charge in [0.05, 0.1) is 23.1 Å². The normalized spacial score (nSPS) is 19.6. The number of hydrogen-bond donors (Lipinski definition) is 1. The zero-order chi connectivity index (χ0) is 20.5. The van der Waals surface area contributed by atoms with Gasteiger partial charge >= 0.3 is 0 Å². The zero-order valence-corrected chi connectivity index (χ0v) is 17.4. The van der Waals surface area contributed by atoms with Crippen molar-refractivity contribution in [3.63, 3.8) is 0 Å². The van der Waals surface area contributed by atoms with E-state index in [1.165, 1.54) is 12.1 Å². The van der Waals surface area contributed by atoms with E-state index >= 15 is 0 Å². The molecule has 30 heavy (non-hydrogen) atoms. The van der Waals surface area contributed by atoms with Crippen molar-refractivity contribution in [1.29, 1.82) is 0 Å². The second-order valence-electron chi connectivity index (χ2n) is 8.55. The molecule has 0 unspecified atom stereocenters. The molecule has 0 aromatic carbocycles. The zero-order valence-electron chi connectivity index (χ0n) is 17.4. The second-order valence-corrected chi connectivity index (χ2v) is 8.55. The molecule has 5 rings (SSSR count). The number of piperidine rings is 1. The first kappa shape index (κ1) is 19.1. The van der Waals surface area contributed by atoms with Crippen LogP contribution in [0.5, 0.6) is 0 Å². The minimum atomic E-state index is 0.0144. The fourth-order valence-corrected chi connectivity index (χ4v) is 4.66. The van der Waals surface area contributed by atoms with Crippen molar-refractivity contribution in [3.8, 4) is 5.69 Å². The van der Waals surface area contributed by atoms with Gasteiger partial charge in [-0.2, -0.15) is 0 Å². The molecule has 1 saturated heterocycles. The lowest BCUT2D eigenvalue weighted by atomic mass is 10.0. The average molecular weight is 405 g/mol. The minimum Gasteiger partial charge on any atom is -0.342 e. The molecule has 7 nitrogen and oxygen atoms in total. The first-order valence-corrected chi connectivity index (χ1v) is 10.8. The summed E-state index contributed by atoms with van der Waals surface area (Å²) in [5, 5.41) is 0. The molecule has 156 valence electrons. The number of rotatable bonds is 4. The maximum absolute atomic E-state index is 12.9. The van der Waals surface area contributed by atoms with Crippen LogP contribution in [-0.2, 0) is 19.5 Å². The molecule has 3 aromatic rings. The standard InChI is InChI=1S/C23H28N6O/c1-17-5-3-10-28(14-17)23-25-21-8-12-27(16-20(21)22(30)26-23)15-19-7-4-11-29(19)18-6-2-9-24-13-18/h2,4,6-7,9,11,13,17H,3,5,8,10,12,14-16H2,1H3,(H,25,26,30)/t17-/m0/s1. The minimum absolute atomic E-state index is 0.0144. The van der Waals surface area contributed by atoms with E-state index in [9.17, 15) is 4.79 Å². The molecule has 0 spiro atoms. The molecule has 0 aliphatic carbocycles. The third kappa shape index (κ3) is 3.77. The van der Waals surface area contributed by atoms with Crippen LogP contribution in [0.2, 0.25) is 0 Å². The molecule has 5 heterocycles. The van der Waals surface area contributed by atoms with Gasteiger partial charge in [0.15, 0.2) is 0 Å². The van der Waals surface area contributed by atoms with E-state index in [2.05, 4.69) is 55.7 Å². The second kappa shape index (κ2) is 8.07. The van der Waals surface area contributed by atoms with E-state index in [4.69, 9.17) is 4.98 Å². The quantitative estimate of drug-likeness (QED) is 0.724. The molecule has 1 atom stereocenters. The molecule has 2 aliphatic heterocycles. The lowest BCUT2D eigenvalue weighted by Crippen LogP contribution is -2.40. The van der Waals surface area contributed by atoms with Gasteiger partial charge in [0.25, 0.3) is 5.56 Å². The van der Waals surface area contributed by atoms with Gasteiger partial charge in [-0.05, 0) is 43.0 Å². The van der Waals surface area contributed by atoms with Gasteiger partial charge < -0.3 is 9.47 Å². The van der Waals surface area contributed by atoms with Crippen molar-refractivity contribution in [2.24, 2.45) is 5.92 Å². The van der Waals surface area contributed by atoms with Crippen molar-refractivity contribution in [1.82, 2.24) is 24.4 Å². The third-order valence-corrected chi connectivity index (χ3v) is 6.23. The van der Waals surface area contributed by atoms with Crippen LogP contribution in [-0.4, -0.2) is 44.1 Å². The molecule has 0 saturated carbocycles. The first-order valence-electron chi connectivity index (χ1n) is 10.8. The molecule has 0 radical (unpaired) electrons. The maximum Gasteiger partial charge on any atom is 0.257 e. The Hall–Kier alpha value is -2.93. The van der Waals surface area contributed by atoms with E-state index < -0.39 is 0 Å².